The summed E-state index contributed by atoms with van der Waals surface area (Å²) < 4.78 is 14.3. The van der Waals surface area contributed by atoms with Crippen molar-refractivity contribution in [2.45, 2.75) is 0 Å². The molecule has 6 aromatic heterocycles. The van der Waals surface area contributed by atoms with Crippen LogP contribution in [0, 0.1) is 0 Å². The van der Waals surface area contributed by atoms with Gasteiger partial charge in [-0.1, -0.05) is 91.0 Å². The van der Waals surface area contributed by atoms with Crippen molar-refractivity contribution in [3.05, 3.63) is 152 Å². The molecule has 226 valence electrons. The van der Waals surface area contributed by atoms with Crippen molar-refractivity contribution < 1.29 is 0 Å². The number of nitrogens with zero attached hydrogens (tertiary/aromatic N) is 6. The molecule has 0 unspecified atom stereocenters. The molecule has 10 aromatic rings. The van der Waals surface area contributed by atoms with E-state index in [4.69, 9.17) is 0 Å². The Morgan fingerprint density at radius 2 is 1.15 bits per heavy atom. The van der Waals surface area contributed by atoms with Crippen molar-refractivity contribution in [3.8, 4) is 11.6 Å². The minimum atomic E-state index is -0.894. The minimum Gasteiger partial charge on any atom is -0.337 e. The molecule has 0 radical (unpaired) electrons. The van der Waals surface area contributed by atoms with Crippen molar-refractivity contribution in [1.82, 2.24) is 27.0 Å². The first-order chi connectivity index (χ1) is 23.2. The zero-order valence-electron chi connectivity index (χ0n) is 26.1. The summed E-state index contributed by atoms with van der Waals surface area (Å²) in [6.45, 7) is 0. The topological polar surface area (TPSA) is 29.1 Å². The lowest BCUT2D eigenvalue weighted by Gasteiger charge is -2.22. The highest BCUT2D eigenvalue weighted by molar-refractivity contribution is 7.72. The highest BCUT2D eigenvalue weighted by Gasteiger charge is 2.27. The average Bonchev–Trinajstić information content (AvgIpc) is 3.95. The zero-order chi connectivity index (χ0) is 31.2. The van der Waals surface area contributed by atoms with E-state index in [0.29, 0.717) is 0 Å². The second-order valence-electron chi connectivity index (χ2n) is 12.2. The minimum absolute atomic E-state index is 0.894. The van der Waals surface area contributed by atoms with E-state index in [9.17, 15) is 0 Å². The summed E-state index contributed by atoms with van der Waals surface area (Å²) in [5.74, 6) is 2.28. The number of aromatic nitrogens is 6. The summed E-state index contributed by atoms with van der Waals surface area (Å²) in [4.78, 5) is 0. The van der Waals surface area contributed by atoms with E-state index in [1.165, 1.54) is 54.6 Å². The van der Waals surface area contributed by atoms with Crippen LogP contribution in [-0.4, -0.2) is 27.0 Å². The molecule has 0 aliphatic rings. The molecule has 0 saturated carbocycles. The van der Waals surface area contributed by atoms with Crippen LogP contribution < -0.4 is 10.6 Å². The van der Waals surface area contributed by atoms with Gasteiger partial charge in [-0.25, -0.2) is 0 Å². The Labute approximate surface area is 272 Å². The Bertz CT molecular complexity index is 2730. The maximum absolute atomic E-state index is 2.61. The maximum atomic E-state index is 2.61. The van der Waals surface area contributed by atoms with Crippen molar-refractivity contribution in [2.75, 3.05) is 0 Å². The van der Waals surface area contributed by atoms with Gasteiger partial charge >= 0.3 is 0 Å². The van der Waals surface area contributed by atoms with E-state index in [-0.39, 0.29) is 0 Å². The molecular formula is C40H31N6P. The predicted octanol–water partition coefficient (Wildman–Crippen LogP) is 8.51. The Kier molecular flexibility index (Phi) is 5.58. The van der Waals surface area contributed by atoms with E-state index in [0.717, 1.165) is 17.3 Å². The molecule has 4 aromatic carbocycles. The molecule has 10 rings (SSSR count). The Morgan fingerprint density at radius 1 is 0.489 bits per heavy atom. The van der Waals surface area contributed by atoms with Crippen LogP contribution in [0.15, 0.2) is 152 Å². The molecule has 0 fully saturated rings. The summed E-state index contributed by atoms with van der Waals surface area (Å²) in [6, 6.07) is 50.9. The van der Waals surface area contributed by atoms with Crippen molar-refractivity contribution >= 4 is 68.3 Å². The number of imidazole rings is 1. The van der Waals surface area contributed by atoms with E-state index in [1.807, 2.05) is 0 Å². The highest BCUT2D eigenvalue weighted by atomic mass is 31.1. The normalized spacial score (nSPS) is 12.2. The molecule has 7 heteroatoms. The van der Waals surface area contributed by atoms with Gasteiger partial charge in [0, 0.05) is 54.6 Å². The molecule has 0 N–H and O–H groups in total. The number of hydrogen-bond donors (Lipinski definition) is 0. The second-order valence-corrected chi connectivity index (χ2v) is 14.3. The number of hydrogen-bond acceptors (Lipinski definition) is 0. The SMILES string of the molecule is Cn1cccc1-n1ccc2c1cc(-n1c3ccccc3n3c4c5ccccc5n(P(c5ccccc5)c5ccccc5)c4cc13)n2C. The monoisotopic (exact) mass is 626 g/mol. The fourth-order valence-corrected chi connectivity index (χ4v) is 9.99. The lowest BCUT2D eigenvalue weighted by molar-refractivity contribution is 0.859. The van der Waals surface area contributed by atoms with Crippen LogP contribution >= 0.6 is 8.07 Å². The van der Waals surface area contributed by atoms with Crippen LogP contribution in [0.5, 0.6) is 0 Å². The summed E-state index contributed by atoms with van der Waals surface area (Å²) >= 11 is 0. The number of benzene rings is 4. The molecule has 0 amide bonds. The standard InChI is InChI=1S/C40H31N6P/c1-41-24-13-22-37(41)43-25-23-32-35(43)26-38(42(32)2)44-33-20-11-12-21-34(33)45-39(44)27-36-40(45)30-18-9-10-19-31(30)46(36)47(28-14-5-3-6-15-28)29-16-7-4-8-17-29/h3-27H,1-2H3. The maximum Gasteiger partial charge on any atom is 0.126 e. The van der Waals surface area contributed by atoms with Crippen LogP contribution in [0.1, 0.15) is 0 Å². The van der Waals surface area contributed by atoms with Gasteiger partial charge in [0.05, 0.1) is 46.7 Å². The van der Waals surface area contributed by atoms with Gasteiger partial charge in [-0.15, -0.1) is 0 Å². The van der Waals surface area contributed by atoms with Gasteiger partial charge in [-0.2, -0.15) is 0 Å². The van der Waals surface area contributed by atoms with Crippen LogP contribution in [0.2, 0.25) is 0 Å². The van der Waals surface area contributed by atoms with Crippen LogP contribution in [0.25, 0.3) is 61.3 Å². The second kappa shape index (κ2) is 9.89. The fourth-order valence-electron chi connectivity index (χ4n) is 7.56. The summed E-state index contributed by atoms with van der Waals surface area (Å²) in [6.07, 6.45) is 4.27. The largest absolute Gasteiger partial charge is 0.337 e. The van der Waals surface area contributed by atoms with Crippen molar-refractivity contribution in [1.29, 1.82) is 0 Å². The first-order valence-corrected chi connectivity index (χ1v) is 17.2. The third-order valence-corrected chi connectivity index (χ3v) is 12.0. The fraction of sp³-hybridized carbons (Fsp3) is 0.0500. The van der Waals surface area contributed by atoms with Crippen LogP contribution in [-0.2, 0) is 14.1 Å². The molecule has 0 aliphatic carbocycles. The van der Waals surface area contributed by atoms with E-state index < -0.39 is 8.07 Å². The van der Waals surface area contributed by atoms with Gasteiger partial charge in [-0.05, 0) is 36.4 Å². The van der Waals surface area contributed by atoms with E-state index >= 15 is 0 Å². The molecule has 0 atom stereocenters. The molecule has 0 spiro atoms. The molecular weight excluding hydrogens is 595 g/mol. The van der Waals surface area contributed by atoms with Gasteiger partial charge in [-0.3, -0.25) is 8.97 Å². The zero-order valence-corrected chi connectivity index (χ0v) is 27.0. The predicted molar refractivity (Wildman–Crippen MR) is 196 cm³/mol. The van der Waals surface area contributed by atoms with Gasteiger partial charge in [0.1, 0.15) is 17.3 Å². The lowest BCUT2D eigenvalue weighted by atomic mass is 10.2. The van der Waals surface area contributed by atoms with Crippen LogP contribution in [0.3, 0.4) is 0 Å². The van der Waals surface area contributed by atoms with Gasteiger partial charge in [0.15, 0.2) is 0 Å². The third kappa shape index (κ3) is 3.65. The number of aryl methyl sites for hydroxylation is 2. The molecule has 0 aliphatic heterocycles. The Balaban J connectivity index is 1.32. The van der Waals surface area contributed by atoms with Gasteiger partial charge in [0.25, 0.3) is 0 Å². The molecule has 6 nitrogen and oxygen atoms in total. The Morgan fingerprint density at radius 3 is 1.85 bits per heavy atom. The summed E-state index contributed by atoms with van der Waals surface area (Å²) in [5.41, 5.74) is 9.65. The first kappa shape index (κ1) is 26.5. The van der Waals surface area contributed by atoms with Gasteiger partial charge < -0.3 is 18.0 Å². The van der Waals surface area contributed by atoms with Gasteiger partial charge in [0.2, 0.25) is 0 Å². The highest BCUT2D eigenvalue weighted by Crippen LogP contribution is 2.46. The number of fused-ring (bicyclic) bond motifs is 8. The summed E-state index contributed by atoms with van der Waals surface area (Å²) in [5, 5.41) is 3.91. The molecule has 0 bridgehead atoms. The van der Waals surface area contributed by atoms with E-state index in [2.05, 4.69) is 193 Å². The summed E-state index contributed by atoms with van der Waals surface area (Å²) in [7, 11) is 3.38. The van der Waals surface area contributed by atoms with Crippen molar-refractivity contribution in [2.24, 2.45) is 14.1 Å². The Hall–Kier alpha value is -5.71. The lowest BCUT2D eigenvalue weighted by Crippen LogP contribution is -2.16. The quantitative estimate of drug-likeness (QED) is 0.172. The number of rotatable bonds is 5. The van der Waals surface area contributed by atoms with Crippen molar-refractivity contribution in [3.63, 3.8) is 0 Å². The number of para-hydroxylation sites is 3. The smallest absolute Gasteiger partial charge is 0.126 e. The molecule has 47 heavy (non-hydrogen) atoms. The van der Waals surface area contributed by atoms with Crippen LogP contribution in [0.4, 0.5) is 0 Å². The molecule has 0 saturated heterocycles. The molecule has 6 heterocycles. The average molecular weight is 627 g/mol. The van der Waals surface area contributed by atoms with E-state index in [1.54, 1.807) is 0 Å². The third-order valence-electron chi connectivity index (χ3n) is 9.64. The first-order valence-electron chi connectivity index (χ1n) is 15.9.